The molecule has 2 aromatic carbocycles. The van der Waals surface area contributed by atoms with Gasteiger partial charge in [-0.15, -0.1) is 0 Å². The van der Waals surface area contributed by atoms with Crippen LogP contribution in [0.5, 0.6) is 0 Å². The number of anilines is 1. The molecule has 19 heavy (non-hydrogen) atoms. The van der Waals surface area contributed by atoms with Crippen molar-refractivity contribution in [3.63, 3.8) is 0 Å². The summed E-state index contributed by atoms with van der Waals surface area (Å²) in [6, 6.07) is 12.5. The molecule has 2 heteroatoms. The maximum absolute atomic E-state index is 4.55. The second kappa shape index (κ2) is 5.70. The van der Waals surface area contributed by atoms with Crippen molar-refractivity contribution in [1.82, 2.24) is 0 Å². The van der Waals surface area contributed by atoms with Crippen molar-refractivity contribution >= 4 is 17.7 Å². The van der Waals surface area contributed by atoms with E-state index in [1.165, 1.54) is 22.3 Å². The van der Waals surface area contributed by atoms with Gasteiger partial charge in [-0.05, 0) is 49.9 Å². The molecule has 98 valence electrons. The zero-order valence-corrected chi connectivity index (χ0v) is 12.0. The van der Waals surface area contributed by atoms with Gasteiger partial charge >= 0.3 is 0 Å². The van der Waals surface area contributed by atoms with Gasteiger partial charge in [-0.25, -0.2) is 4.99 Å². The van der Waals surface area contributed by atoms with Gasteiger partial charge in [0.2, 0.25) is 0 Å². The molecular weight excluding hydrogens is 232 g/mol. The molecule has 0 aromatic heterocycles. The van der Waals surface area contributed by atoms with Crippen molar-refractivity contribution in [3.8, 4) is 0 Å². The Hall–Kier alpha value is -2.09. The van der Waals surface area contributed by atoms with E-state index in [1.54, 1.807) is 6.34 Å². The zero-order chi connectivity index (χ0) is 13.8. The first-order valence-corrected chi connectivity index (χ1v) is 6.51. The molecular formula is C17H20N2. The van der Waals surface area contributed by atoms with Crippen LogP contribution in [-0.4, -0.2) is 6.34 Å². The Morgan fingerprint density at radius 2 is 1.26 bits per heavy atom. The molecule has 0 aliphatic heterocycles. The number of nitrogens with one attached hydrogen (secondary N) is 1. The highest BCUT2D eigenvalue weighted by Crippen LogP contribution is 2.23. The van der Waals surface area contributed by atoms with Gasteiger partial charge in [0.15, 0.2) is 0 Å². The molecule has 0 radical (unpaired) electrons. The van der Waals surface area contributed by atoms with Crippen molar-refractivity contribution in [3.05, 3.63) is 58.7 Å². The van der Waals surface area contributed by atoms with Crippen molar-refractivity contribution in [2.45, 2.75) is 27.7 Å². The molecule has 0 spiro atoms. The Morgan fingerprint density at radius 3 is 1.79 bits per heavy atom. The van der Waals surface area contributed by atoms with E-state index in [-0.39, 0.29) is 0 Å². The van der Waals surface area contributed by atoms with Crippen LogP contribution >= 0.6 is 0 Å². The highest BCUT2D eigenvalue weighted by Gasteiger charge is 2.00. The molecule has 2 aromatic rings. The predicted octanol–water partition coefficient (Wildman–Crippen LogP) is 4.69. The minimum absolute atomic E-state index is 1.04. The van der Waals surface area contributed by atoms with Crippen LogP contribution in [0.1, 0.15) is 22.3 Å². The number of hydrogen-bond donors (Lipinski definition) is 1. The molecule has 1 N–H and O–H groups in total. The van der Waals surface area contributed by atoms with Crippen molar-refractivity contribution in [2.75, 3.05) is 5.32 Å². The van der Waals surface area contributed by atoms with Gasteiger partial charge in [-0.2, -0.15) is 0 Å². The van der Waals surface area contributed by atoms with E-state index in [0.29, 0.717) is 0 Å². The fourth-order valence-electron chi connectivity index (χ4n) is 2.21. The van der Waals surface area contributed by atoms with E-state index in [1.807, 2.05) is 0 Å². The lowest BCUT2D eigenvalue weighted by atomic mass is 10.1. The first kappa shape index (κ1) is 13.3. The number of aliphatic imine (C=N–C) groups is 1. The second-order valence-electron chi connectivity index (χ2n) is 4.91. The Balaban J connectivity index is 2.21. The van der Waals surface area contributed by atoms with E-state index >= 15 is 0 Å². The quantitative estimate of drug-likeness (QED) is 0.622. The Bertz CT molecular complexity index is 572. The van der Waals surface area contributed by atoms with Gasteiger partial charge < -0.3 is 5.32 Å². The van der Waals surface area contributed by atoms with Gasteiger partial charge in [0.05, 0.1) is 12.0 Å². The highest BCUT2D eigenvalue weighted by molar-refractivity contribution is 5.81. The maximum atomic E-state index is 4.55. The molecule has 0 fully saturated rings. The Labute approximate surface area is 115 Å². The predicted molar refractivity (Wildman–Crippen MR) is 83.6 cm³/mol. The minimum Gasteiger partial charge on any atom is -0.346 e. The molecule has 2 rings (SSSR count). The van der Waals surface area contributed by atoms with Crippen LogP contribution in [0, 0.1) is 27.7 Å². The van der Waals surface area contributed by atoms with Crippen LogP contribution in [0.4, 0.5) is 11.4 Å². The summed E-state index contributed by atoms with van der Waals surface area (Å²) in [7, 11) is 0. The lowest BCUT2D eigenvalue weighted by Gasteiger charge is -2.09. The lowest BCUT2D eigenvalue weighted by molar-refractivity contribution is 1.33. The zero-order valence-electron chi connectivity index (χ0n) is 12.0. The molecule has 0 unspecified atom stereocenters. The van der Waals surface area contributed by atoms with Crippen LogP contribution < -0.4 is 5.32 Å². The number of para-hydroxylation sites is 2. The fourth-order valence-corrected chi connectivity index (χ4v) is 2.21. The molecule has 0 aliphatic rings. The monoisotopic (exact) mass is 252 g/mol. The number of rotatable bonds is 3. The number of aryl methyl sites for hydroxylation is 4. The van der Waals surface area contributed by atoms with Gasteiger partial charge in [0.1, 0.15) is 0 Å². The van der Waals surface area contributed by atoms with E-state index in [4.69, 9.17) is 0 Å². The third kappa shape index (κ3) is 3.02. The second-order valence-corrected chi connectivity index (χ2v) is 4.91. The molecule has 0 bridgehead atoms. The molecule has 0 heterocycles. The largest absolute Gasteiger partial charge is 0.346 e. The summed E-state index contributed by atoms with van der Waals surface area (Å²) in [6.45, 7) is 8.36. The van der Waals surface area contributed by atoms with Gasteiger partial charge in [-0.1, -0.05) is 36.4 Å². The van der Waals surface area contributed by atoms with Crippen LogP contribution in [-0.2, 0) is 0 Å². The van der Waals surface area contributed by atoms with Gasteiger partial charge in [-0.3, -0.25) is 0 Å². The summed E-state index contributed by atoms with van der Waals surface area (Å²) in [5.74, 6) is 0. The highest BCUT2D eigenvalue weighted by atomic mass is 14.9. The van der Waals surface area contributed by atoms with E-state index < -0.39 is 0 Å². The first-order valence-electron chi connectivity index (χ1n) is 6.51. The van der Waals surface area contributed by atoms with Crippen LogP contribution in [0.3, 0.4) is 0 Å². The summed E-state index contributed by atoms with van der Waals surface area (Å²) in [5, 5.41) is 3.29. The molecule has 0 saturated heterocycles. The van der Waals surface area contributed by atoms with Crippen LogP contribution in [0.25, 0.3) is 0 Å². The fraction of sp³-hybridized carbons (Fsp3) is 0.235. The summed E-state index contributed by atoms with van der Waals surface area (Å²) in [4.78, 5) is 4.55. The standard InChI is InChI=1S/C17H20N2/c1-12-7-5-8-13(2)16(12)18-11-19-17-14(3)9-6-10-15(17)4/h5-11H,1-4H3,(H,18,19). The molecule has 0 saturated carbocycles. The molecule has 0 aliphatic carbocycles. The average molecular weight is 252 g/mol. The molecule has 0 atom stereocenters. The van der Waals surface area contributed by atoms with Crippen LogP contribution in [0.15, 0.2) is 41.4 Å². The average Bonchev–Trinajstić information content (AvgIpc) is 2.36. The summed E-state index contributed by atoms with van der Waals surface area (Å²) in [6.07, 6.45) is 1.78. The van der Waals surface area contributed by atoms with Crippen molar-refractivity contribution in [1.29, 1.82) is 0 Å². The minimum atomic E-state index is 1.04. The van der Waals surface area contributed by atoms with E-state index in [2.05, 4.69) is 74.4 Å². The number of nitrogens with zero attached hydrogens (tertiary/aromatic N) is 1. The lowest BCUT2D eigenvalue weighted by Crippen LogP contribution is -1.99. The van der Waals surface area contributed by atoms with Crippen molar-refractivity contribution < 1.29 is 0 Å². The van der Waals surface area contributed by atoms with E-state index in [0.717, 1.165) is 11.4 Å². The van der Waals surface area contributed by atoms with E-state index in [9.17, 15) is 0 Å². The normalized spacial score (nSPS) is 10.9. The summed E-state index contributed by atoms with van der Waals surface area (Å²) in [5.41, 5.74) is 7.03. The van der Waals surface area contributed by atoms with Crippen LogP contribution in [0.2, 0.25) is 0 Å². The summed E-state index contributed by atoms with van der Waals surface area (Å²) >= 11 is 0. The third-order valence-electron chi connectivity index (χ3n) is 3.32. The topological polar surface area (TPSA) is 24.4 Å². The SMILES string of the molecule is Cc1cccc(C)c1N=CNc1c(C)cccc1C. The summed E-state index contributed by atoms with van der Waals surface area (Å²) < 4.78 is 0. The number of hydrogen-bond acceptors (Lipinski definition) is 1. The first-order chi connectivity index (χ1) is 9.09. The molecule has 2 nitrogen and oxygen atoms in total. The Morgan fingerprint density at radius 1 is 0.789 bits per heavy atom. The van der Waals surface area contributed by atoms with Gasteiger partial charge in [0.25, 0.3) is 0 Å². The van der Waals surface area contributed by atoms with Gasteiger partial charge in [0, 0.05) is 5.69 Å². The smallest absolute Gasteiger partial charge is 0.0930 e. The number of benzene rings is 2. The maximum Gasteiger partial charge on any atom is 0.0930 e. The Kier molecular flexibility index (Phi) is 4.00. The third-order valence-corrected chi connectivity index (χ3v) is 3.32. The molecule has 0 amide bonds. The van der Waals surface area contributed by atoms with Crippen molar-refractivity contribution in [2.24, 2.45) is 4.99 Å².